The van der Waals surface area contributed by atoms with Crippen molar-refractivity contribution in [1.29, 1.82) is 0 Å². The molecule has 1 saturated heterocycles. The van der Waals surface area contributed by atoms with Crippen LogP contribution >= 0.6 is 11.6 Å². The highest BCUT2D eigenvalue weighted by molar-refractivity contribution is 6.30. The molecule has 3 heterocycles. The lowest BCUT2D eigenvalue weighted by atomic mass is 9.98. The van der Waals surface area contributed by atoms with Crippen molar-refractivity contribution in [1.82, 2.24) is 25.0 Å². The summed E-state index contributed by atoms with van der Waals surface area (Å²) >= 11 is 6.34. The summed E-state index contributed by atoms with van der Waals surface area (Å²) in [4.78, 5) is 14.9. The maximum Gasteiger partial charge on any atom is 0.231 e. The Balaban J connectivity index is 1.60. The molecule has 0 radical (unpaired) electrons. The van der Waals surface area contributed by atoms with Crippen molar-refractivity contribution in [2.75, 3.05) is 13.1 Å². The van der Waals surface area contributed by atoms with Crippen molar-refractivity contribution in [3.63, 3.8) is 0 Å². The van der Waals surface area contributed by atoms with E-state index < -0.39 is 0 Å². The van der Waals surface area contributed by atoms with Crippen molar-refractivity contribution < 1.29 is 4.52 Å². The van der Waals surface area contributed by atoms with E-state index in [0.29, 0.717) is 17.0 Å². The van der Waals surface area contributed by atoms with Crippen molar-refractivity contribution in [2.45, 2.75) is 71.8 Å². The van der Waals surface area contributed by atoms with Gasteiger partial charge in [0, 0.05) is 25.9 Å². The van der Waals surface area contributed by atoms with E-state index in [1.807, 2.05) is 0 Å². The molecule has 0 amide bonds. The molecular formula is C19H30ClN5O. The van der Waals surface area contributed by atoms with Crippen LogP contribution in [0, 0.1) is 5.92 Å². The first-order chi connectivity index (χ1) is 12.5. The number of aromatic nitrogens is 4. The zero-order valence-electron chi connectivity index (χ0n) is 16.1. The number of likely N-dealkylation sites (tertiary alicyclic amines) is 1. The summed E-state index contributed by atoms with van der Waals surface area (Å²) in [7, 11) is 0. The van der Waals surface area contributed by atoms with Gasteiger partial charge in [0.25, 0.3) is 0 Å². The fourth-order valence-electron chi connectivity index (χ4n) is 3.51. The zero-order valence-corrected chi connectivity index (χ0v) is 16.8. The SMILES string of the molecule is CCCCc1nc(Cl)c(CN2CCCC(c3nc(CC(C)C)no3)C2)[nH]1. The fourth-order valence-corrected chi connectivity index (χ4v) is 3.72. The first-order valence-electron chi connectivity index (χ1n) is 9.83. The Morgan fingerprint density at radius 1 is 1.35 bits per heavy atom. The predicted octanol–water partition coefficient (Wildman–Crippen LogP) is 4.37. The Morgan fingerprint density at radius 2 is 2.19 bits per heavy atom. The van der Waals surface area contributed by atoms with E-state index in [4.69, 9.17) is 16.1 Å². The van der Waals surface area contributed by atoms with E-state index in [1.165, 1.54) is 0 Å². The van der Waals surface area contributed by atoms with Crippen LogP contribution in [0.1, 0.15) is 75.6 Å². The number of H-pyrrole nitrogens is 1. The number of piperidine rings is 1. The van der Waals surface area contributed by atoms with Gasteiger partial charge in [-0.1, -0.05) is 43.9 Å². The molecule has 1 N–H and O–H groups in total. The molecule has 0 saturated carbocycles. The first kappa shape index (κ1) is 19.4. The average molecular weight is 380 g/mol. The van der Waals surface area contributed by atoms with Crippen molar-refractivity contribution in [2.24, 2.45) is 5.92 Å². The van der Waals surface area contributed by atoms with Crippen LogP contribution < -0.4 is 0 Å². The summed E-state index contributed by atoms with van der Waals surface area (Å²) < 4.78 is 5.54. The van der Waals surface area contributed by atoms with Crippen molar-refractivity contribution >= 4 is 11.6 Å². The van der Waals surface area contributed by atoms with Crippen LogP contribution in [0.3, 0.4) is 0 Å². The number of hydrogen-bond acceptors (Lipinski definition) is 5. The van der Waals surface area contributed by atoms with Gasteiger partial charge < -0.3 is 9.51 Å². The summed E-state index contributed by atoms with van der Waals surface area (Å²) in [6.07, 6.45) is 6.33. The van der Waals surface area contributed by atoms with Crippen LogP contribution in [0.2, 0.25) is 5.15 Å². The van der Waals surface area contributed by atoms with Gasteiger partial charge in [-0.05, 0) is 31.7 Å². The molecule has 1 aliphatic rings. The van der Waals surface area contributed by atoms with E-state index in [9.17, 15) is 0 Å². The Bertz CT molecular complexity index is 696. The standard InChI is InChI=1S/C19H30ClN5O/c1-4-5-8-16-21-15(18(20)22-16)12-25-9-6-7-14(11-25)19-23-17(24-26-19)10-13(2)3/h13-14H,4-12H2,1-3H3,(H,21,22). The Labute approximate surface area is 160 Å². The number of halogens is 1. The third-order valence-corrected chi connectivity index (χ3v) is 5.17. The van der Waals surface area contributed by atoms with E-state index >= 15 is 0 Å². The van der Waals surface area contributed by atoms with Gasteiger partial charge in [-0.25, -0.2) is 4.98 Å². The normalized spacial score (nSPS) is 18.7. The molecule has 144 valence electrons. The first-order valence-corrected chi connectivity index (χ1v) is 10.2. The van der Waals surface area contributed by atoms with Gasteiger partial charge in [0.15, 0.2) is 11.0 Å². The molecule has 2 aromatic rings. The van der Waals surface area contributed by atoms with Crippen molar-refractivity contribution in [3.8, 4) is 0 Å². The maximum absolute atomic E-state index is 6.34. The summed E-state index contributed by atoms with van der Waals surface area (Å²) in [5.74, 6) is 3.44. The van der Waals surface area contributed by atoms with E-state index in [2.05, 4.69) is 45.8 Å². The molecule has 26 heavy (non-hydrogen) atoms. The third kappa shape index (κ3) is 5.07. The second kappa shape index (κ2) is 9.00. The minimum absolute atomic E-state index is 0.304. The molecule has 7 heteroatoms. The van der Waals surface area contributed by atoms with Gasteiger partial charge in [-0.15, -0.1) is 0 Å². The Morgan fingerprint density at radius 3 is 2.96 bits per heavy atom. The minimum Gasteiger partial charge on any atom is -0.344 e. The molecule has 0 aromatic carbocycles. The number of nitrogens with one attached hydrogen (secondary N) is 1. The second-order valence-corrected chi connectivity index (χ2v) is 8.14. The lowest BCUT2D eigenvalue weighted by molar-refractivity contribution is 0.178. The van der Waals surface area contributed by atoms with Gasteiger partial charge >= 0.3 is 0 Å². The quantitative estimate of drug-likeness (QED) is 0.737. The van der Waals surface area contributed by atoms with Gasteiger partial charge in [0.1, 0.15) is 5.82 Å². The molecule has 3 rings (SSSR count). The molecule has 1 unspecified atom stereocenters. The Hall–Kier alpha value is -1.40. The van der Waals surface area contributed by atoms with Crippen LogP contribution in [0.4, 0.5) is 0 Å². The molecular weight excluding hydrogens is 350 g/mol. The van der Waals surface area contributed by atoms with Crippen molar-refractivity contribution in [3.05, 3.63) is 28.4 Å². The molecule has 1 aliphatic heterocycles. The topological polar surface area (TPSA) is 70.8 Å². The number of nitrogens with zero attached hydrogens (tertiary/aromatic N) is 4. The highest BCUT2D eigenvalue weighted by Gasteiger charge is 2.27. The monoisotopic (exact) mass is 379 g/mol. The molecule has 2 aromatic heterocycles. The largest absolute Gasteiger partial charge is 0.344 e. The van der Waals surface area contributed by atoms with E-state index in [0.717, 1.165) is 81.4 Å². The van der Waals surface area contributed by atoms with Crippen LogP contribution in [0.5, 0.6) is 0 Å². The van der Waals surface area contributed by atoms with Gasteiger partial charge in [0.05, 0.1) is 11.6 Å². The maximum atomic E-state index is 6.34. The number of aromatic amines is 1. The van der Waals surface area contributed by atoms with Gasteiger partial charge in [-0.2, -0.15) is 4.98 Å². The van der Waals surface area contributed by atoms with Crippen LogP contribution in [0.25, 0.3) is 0 Å². The summed E-state index contributed by atoms with van der Waals surface area (Å²) in [6.45, 7) is 9.29. The highest BCUT2D eigenvalue weighted by atomic mass is 35.5. The third-order valence-electron chi connectivity index (χ3n) is 4.86. The number of unbranched alkanes of at least 4 members (excludes halogenated alkanes) is 1. The minimum atomic E-state index is 0.304. The zero-order chi connectivity index (χ0) is 18.5. The number of hydrogen-bond donors (Lipinski definition) is 1. The average Bonchev–Trinajstić information content (AvgIpc) is 3.20. The van der Waals surface area contributed by atoms with Crippen LogP contribution in [0.15, 0.2) is 4.52 Å². The molecule has 1 atom stereocenters. The molecule has 0 bridgehead atoms. The van der Waals surface area contributed by atoms with E-state index in [1.54, 1.807) is 0 Å². The smallest absolute Gasteiger partial charge is 0.231 e. The summed E-state index contributed by atoms with van der Waals surface area (Å²) in [5, 5.41) is 4.75. The van der Waals surface area contributed by atoms with Crippen LogP contribution in [-0.4, -0.2) is 38.1 Å². The van der Waals surface area contributed by atoms with Crippen LogP contribution in [-0.2, 0) is 19.4 Å². The summed E-state index contributed by atoms with van der Waals surface area (Å²) in [5.41, 5.74) is 1.02. The second-order valence-electron chi connectivity index (χ2n) is 7.78. The van der Waals surface area contributed by atoms with E-state index in [-0.39, 0.29) is 0 Å². The number of rotatable bonds is 8. The lowest BCUT2D eigenvalue weighted by Crippen LogP contribution is -2.34. The number of imidazole rings is 1. The molecule has 6 nitrogen and oxygen atoms in total. The summed E-state index contributed by atoms with van der Waals surface area (Å²) in [6, 6.07) is 0. The van der Waals surface area contributed by atoms with Gasteiger partial charge in [-0.3, -0.25) is 4.90 Å². The lowest BCUT2D eigenvalue weighted by Gasteiger charge is -2.30. The molecule has 0 spiro atoms. The van der Waals surface area contributed by atoms with Gasteiger partial charge in [0.2, 0.25) is 5.89 Å². The predicted molar refractivity (Wildman–Crippen MR) is 102 cm³/mol. The highest BCUT2D eigenvalue weighted by Crippen LogP contribution is 2.27. The number of aryl methyl sites for hydroxylation is 1. The Kier molecular flexibility index (Phi) is 6.70. The fraction of sp³-hybridized carbons (Fsp3) is 0.737. The molecule has 1 fully saturated rings. The molecule has 0 aliphatic carbocycles.